The highest BCUT2D eigenvalue weighted by Gasteiger charge is 2.21. The minimum atomic E-state index is 0.542. The van der Waals surface area contributed by atoms with Crippen LogP contribution in [0.3, 0.4) is 0 Å². The molecule has 0 bridgehead atoms. The number of halogens is 2. The van der Waals surface area contributed by atoms with Gasteiger partial charge in [-0.05, 0) is 64.6 Å². The second-order valence-corrected chi connectivity index (χ2v) is 11.1. The zero-order chi connectivity index (χ0) is 27.9. The lowest BCUT2D eigenvalue weighted by atomic mass is 9.94. The Morgan fingerprint density at radius 1 is 1.03 bits per heavy atom. The maximum absolute atomic E-state index is 6.51. The Bertz CT molecular complexity index is 947. The Balaban J connectivity index is 0.000000727. The molecule has 1 aliphatic rings. The van der Waals surface area contributed by atoms with Crippen LogP contribution >= 0.6 is 23.2 Å². The summed E-state index contributed by atoms with van der Waals surface area (Å²) in [7, 11) is 0. The van der Waals surface area contributed by atoms with Gasteiger partial charge in [0.25, 0.3) is 0 Å². The lowest BCUT2D eigenvalue weighted by molar-refractivity contribution is 0.235. The van der Waals surface area contributed by atoms with Crippen molar-refractivity contribution in [3.63, 3.8) is 0 Å². The van der Waals surface area contributed by atoms with Crippen molar-refractivity contribution in [2.24, 2.45) is 5.41 Å². The van der Waals surface area contributed by atoms with E-state index < -0.39 is 0 Å². The number of ether oxygens (including phenoxy) is 1. The van der Waals surface area contributed by atoms with Crippen molar-refractivity contribution in [3.05, 3.63) is 56.9 Å². The van der Waals surface area contributed by atoms with Gasteiger partial charge in [0.05, 0.1) is 28.4 Å². The monoisotopic (exact) mass is 538 g/mol. The van der Waals surface area contributed by atoms with Crippen molar-refractivity contribution in [3.8, 4) is 0 Å². The van der Waals surface area contributed by atoms with Gasteiger partial charge in [-0.1, -0.05) is 94.5 Å². The molecule has 0 spiro atoms. The summed E-state index contributed by atoms with van der Waals surface area (Å²) >= 11 is 12.7. The van der Waals surface area contributed by atoms with E-state index in [2.05, 4.69) is 71.3 Å². The summed E-state index contributed by atoms with van der Waals surface area (Å²) in [6.07, 6.45) is 6.91. The minimum absolute atomic E-state index is 0.542. The van der Waals surface area contributed by atoms with E-state index in [1.54, 1.807) is 6.26 Å². The van der Waals surface area contributed by atoms with Crippen LogP contribution in [0.15, 0.2) is 35.6 Å². The molecule has 3 rings (SSSR count). The van der Waals surface area contributed by atoms with Gasteiger partial charge in [0, 0.05) is 24.0 Å². The molecule has 1 aliphatic heterocycles. The smallest absolute Gasteiger partial charge is 0.105 e. The molecule has 206 valence electrons. The van der Waals surface area contributed by atoms with Gasteiger partial charge >= 0.3 is 0 Å². The second-order valence-electron chi connectivity index (χ2n) is 10.3. The topological polar surface area (TPSA) is 26.2 Å². The average molecular weight is 540 g/mol. The fourth-order valence-electron chi connectivity index (χ4n) is 3.17. The SMILES string of the molecule is C/C=C/OCCn1c2c(c3ccc(Cl)c(Cl)c31)CCNCC2.CC.CC(C)=C(C)C.CCC(C)(C)C. The summed E-state index contributed by atoms with van der Waals surface area (Å²) in [5.74, 6) is 0. The molecule has 0 aliphatic carbocycles. The Morgan fingerprint density at radius 2 is 1.58 bits per heavy atom. The Labute approximate surface area is 232 Å². The molecule has 0 saturated carbocycles. The van der Waals surface area contributed by atoms with Gasteiger partial charge in [-0.2, -0.15) is 0 Å². The molecule has 5 heteroatoms. The number of benzene rings is 1. The molecule has 1 N–H and O–H groups in total. The second kappa shape index (κ2) is 17.9. The van der Waals surface area contributed by atoms with Crippen LogP contribution in [0, 0.1) is 5.41 Å². The highest BCUT2D eigenvalue weighted by atomic mass is 35.5. The number of hydrogen-bond donors (Lipinski definition) is 1. The molecule has 0 radical (unpaired) electrons. The molecular formula is C31H52Cl2N2O. The summed E-state index contributed by atoms with van der Waals surface area (Å²) in [6.45, 7) is 26.8. The number of hydrogen-bond acceptors (Lipinski definition) is 2. The van der Waals surface area contributed by atoms with E-state index >= 15 is 0 Å². The first kappa shape index (κ1) is 34.6. The molecule has 1 aromatic carbocycles. The van der Waals surface area contributed by atoms with Gasteiger partial charge in [-0.25, -0.2) is 0 Å². The van der Waals surface area contributed by atoms with Gasteiger partial charge < -0.3 is 14.6 Å². The van der Waals surface area contributed by atoms with Crippen molar-refractivity contribution < 1.29 is 4.74 Å². The lowest BCUT2D eigenvalue weighted by Gasteiger charge is -2.12. The van der Waals surface area contributed by atoms with Crippen molar-refractivity contribution in [2.75, 3.05) is 19.7 Å². The zero-order valence-electron chi connectivity index (χ0n) is 24.9. The third-order valence-corrected chi connectivity index (χ3v) is 6.95. The molecule has 1 aromatic heterocycles. The van der Waals surface area contributed by atoms with Gasteiger partial charge in [0.15, 0.2) is 0 Å². The van der Waals surface area contributed by atoms with Crippen LogP contribution in [0.1, 0.15) is 93.8 Å². The molecule has 0 atom stereocenters. The summed E-state index contributed by atoms with van der Waals surface area (Å²) in [6, 6.07) is 3.99. The number of allylic oxidation sites excluding steroid dienone is 3. The predicted molar refractivity (Wildman–Crippen MR) is 164 cm³/mol. The molecule has 0 fully saturated rings. The Morgan fingerprint density at radius 3 is 2.08 bits per heavy atom. The van der Waals surface area contributed by atoms with Gasteiger partial charge in [0.2, 0.25) is 0 Å². The number of rotatable bonds is 4. The highest BCUT2D eigenvalue weighted by molar-refractivity contribution is 6.45. The molecule has 3 nitrogen and oxygen atoms in total. The van der Waals surface area contributed by atoms with E-state index in [4.69, 9.17) is 27.9 Å². The van der Waals surface area contributed by atoms with E-state index in [-0.39, 0.29) is 0 Å². The van der Waals surface area contributed by atoms with Gasteiger partial charge in [-0.15, -0.1) is 0 Å². The predicted octanol–water partition coefficient (Wildman–Crippen LogP) is 10.0. The van der Waals surface area contributed by atoms with Crippen LogP contribution in [0.2, 0.25) is 10.0 Å². The van der Waals surface area contributed by atoms with E-state index in [0.29, 0.717) is 22.1 Å². The molecule has 0 amide bonds. The highest BCUT2D eigenvalue weighted by Crippen LogP contribution is 2.36. The molecule has 2 aromatic rings. The molecule has 36 heavy (non-hydrogen) atoms. The fourth-order valence-corrected chi connectivity index (χ4v) is 3.58. The van der Waals surface area contributed by atoms with Crippen LogP contribution in [-0.2, 0) is 24.1 Å². The van der Waals surface area contributed by atoms with Crippen molar-refractivity contribution in [2.45, 2.75) is 102 Å². The van der Waals surface area contributed by atoms with Crippen LogP contribution < -0.4 is 5.32 Å². The maximum atomic E-state index is 6.51. The average Bonchev–Trinajstić information content (AvgIpc) is 2.97. The van der Waals surface area contributed by atoms with E-state index in [1.165, 1.54) is 34.2 Å². The summed E-state index contributed by atoms with van der Waals surface area (Å²) in [4.78, 5) is 0. The van der Waals surface area contributed by atoms with E-state index in [9.17, 15) is 0 Å². The largest absolute Gasteiger partial charge is 0.500 e. The van der Waals surface area contributed by atoms with Crippen LogP contribution in [0.4, 0.5) is 0 Å². The van der Waals surface area contributed by atoms with Crippen molar-refractivity contribution in [1.29, 1.82) is 0 Å². The summed E-state index contributed by atoms with van der Waals surface area (Å²) in [5.41, 5.74) is 7.19. The van der Waals surface area contributed by atoms with Crippen molar-refractivity contribution in [1.82, 2.24) is 9.88 Å². The first-order chi connectivity index (χ1) is 16.9. The van der Waals surface area contributed by atoms with Crippen LogP contribution in [0.5, 0.6) is 0 Å². The fraction of sp³-hybridized carbons (Fsp3) is 0.613. The normalized spacial score (nSPS) is 12.8. The summed E-state index contributed by atoms with van der Waals surface area (Å²) in [5, 5.41) is 5.93. The lowest BCUT2D eigenvalue weighted by Crippen LogP contribution is -2.17. The van der Waals surface area contributed by atoms with E-state index in [0.717, 1.165) is 38.0 Å². The number of aromatic nitrogens is 1. The number of fused-ring (bicyclic) bond motifs is 3. The first-order valence-corrected chi connectivity index (χ1v) is 14.2. The quantitative estimate of drug-likeness (QED) is 0.238. The maximum Gasteiger partial charge on any atom is 0.105 e. The van der Waals surface area contributed by atoms with Gasteiger partial charge in [0.1, 0.15) is 6.61 Å². The Kier molecular flexibility index (Phi) is 17.2. The number of nitrogens with zero attached hydrogens (tertiary/aromatic N) is 1. The third-order valence-electron chi connectivity index (χ3n) is 6.15. The molecule has 2 heterocycles. The molecule has 0 unspecified atom stereocenters. The number of nitrogens with one attached hydrogen (secondary N) is 1. The third kappa shape index (κ3) is 11.8. The zero-order valence-corrected chi connectivity index (χ0v) is 26.4. The minimum Gasteiger partial charge on any atom is -0.500 e. The molecule has 0 saturated heterocycles. The standard InChI is InChI=1S/C17H20Cl2N2O.C6H14.C6H12.C2H6/c1-2-10-22-11-9-21-15-6-8-20-7-5-12(15)13-3-4-14(18)16(19)17(13)21;1-5-6(2,3)4;1-5(2)6(3)4;1-2/h2-4,10,20H,5-9,11H2,1H3;5H2,1-4H3;1-4H3;1-2H3/b10-2+;;;. The van der Waals surface area contributed by atoms with Crippen LogP contribution in [-0.4, -0.2) is 24.3 Å². The van der Waals surface area contributed by atoms with Crippen molar-refractivity contribution >= 4 is 34.1 Å². The van der Waals surface area contributed by atoms with E-state index in [1.807, 2.05) is 32.9 Å². The Hall–Kier alpha value is -1.42. The summed E-state index contributed by atoms with van der Waals surface area (Å²) < 4.78 is 7.79. The first-order valence-electron chi connectivity index (χ1n) is 13.5. The van der Waals surface area contributed by atoms with Gasteiger partial charge in [-0.3, -0.25) is 0 Å². The molecular weight excluding hydrogens is 487 g/mol. The van der Waals surface area contributed by atoms with Crippen LogP contribution in [0.25, 0.3) is 10.9 Å².